The van der Waals surface area contributed by atoms with Gasteiger partial charge in [0.1, 0.15) is 17.3 Å². The van der Waals surface area contributed by atoms with Crippen LogP contribution in [0.3, 0.4) is 0 Å². The molecule has 1 saturated carbocycles. The lowest BCUT2D eigenvalue weighted by atomic mass is 9.72. The molecule has 0 atom stereocenters. The molecule has 1 aromatic heterocycles. The largest absolute Gasteiger partial charge is 0.487 e. The zero-order valence-electron chi connectivity index (χ0n) is 35.0. The summed E-state index contributed by atoms with van der Waals surface area (Å²) in [5.41, 5.74) is 9.40. The number of carbonyl (C=O) groups is 1. The highest BCUT2D eigenvalue weighted by Crippen LogP contribution is 2.44. The van der Waals surface area contributed by atoms with Gasteiger partial charge in [-0.15, -0.1) is 0 Å². The average Bonchev–Trinajstić information content (AvgIpc) is 3.22. The number of benzene rings is 3. The van der Waals surface area contributed by atoms with Crippen LogP contribution in [-0.2, 0) is 10.0 Å². The van der Waals surface area contributed by atoms with Crippen molar-refractivity contribution < 1.29 is 32.7 Å². The van der Waals surface area contributed by atoms with E-state index in [1.165, 1.54) is 41.1 Å². The Morgan fingerprint density at radius 1 is 0.984 bits per heavy atom. The maximum absolute atomic E-state index is 13.8. The first-order valence-electron chi connectivity index (χ1n) is 20.7. The molecule has 3 aliphatic rings. The van der Waals surface area contributed by atoms with Gasteiger partial charge in [0.2, 0.25) is 0 Å². The van der Waals surface area contributed by atoms with E-state index in [4.69, 9.17) is 38.4 Å². The number of halogens is 2. The summed E-state index contributed by atoms with van der Waals surface area (Å²) < 4.78 is 41.2. The molecule has 3 aromatic carbocycles. The monoisotopic (exact) mass is 906 g/mol. The van der Waals surface area contributed by atoms with Gasteiger partial charge in [0.25, 0.3) is 15.9 Å². The number of nitro groups is 1. The van der Waals surface area contributed by atoms with Gasteiger partial charge in [-0.3, -0.25) is 19.8 Å². The first-order valence-corrected chi connectivity index (χ1v) is 23.0. The molecular formula is C45H52Cl2N6O8S. The Bertz CT molecular complexity index is 2460. The number of hydrogen-bond acceptors (Lipinski definition) is 12. The maximum Gasteiger partial charge on any atom is 0.312 e. The van der Waals surface area contributed by atoms with E-state index in [0.717, 1.165) is 56.7 Å². The molecular weight excluding hydrogens is 856 g/mol. The van der Waals surface area contributed by atoms with Crippen molar-refractivity contribution >= 4 is 61.9 Å². The molecule has 1 saturated heterocycles. The fraction of sp³-hybridized carbons (Fsp3) is 0.422. The summed E-state index contributed by atoms with van der Waals surface area (Å²) in [6, 6.07) is 17.6. The number of aliphatic hydroxyl groups is 1. The van der Waals surface area contributed by atoms with Crippen LogP contribution in [0.1, 0.15) is 81.6 Å². The second kappa shape index (κ2) is 18.4. The van der Waals surface area contributed by atoms with E-state index < -0.39 is 37.0 Å². The summed E-state index contributed by atoms with van der Waals surface area (Å²) in [6.07, 6.45) is 7.03. The third-order valence-electron chi connectivity index (χ3n) is 12.1. The standard InChI is InChI=1S/C45H52Cl2N6O8S/c1-44(2)15-14-31(37(25-44)30-4-6-32(46)7-5-30)27-51-18-20-52(21-19-51)33-8-10-36(41(22-33)61-34-23-38(47)42(48)49-26-34)43(54)50-62(58,59)35-9-11-40(39(24-35)53(56)57)60-28-29-12-16-45(3,55)17-13-29/h4-11,22-24,26,29,55H,12-21,25,27-28H2,1-3H3,(H2,48,49)(H,50,54)/t29-,45+. The van der Waals surface area contributed by atoms with Gasteiger partial charge < -0.3 is 25.2 Å². The minimum Gasteiger partial charge on any atom is -0.487 e. The lowest BCUT2D eigenvalue weighted by Gasteiger charge is -2.39. The number of ether oxygens (including phenoxy) is 2. The van der Waals surface area contributed by atoms with Crippen molar-refractivity contribution in [2.45, 2.75) is 76.2 Å². The number of nitrogens with two attached hydrogens (primary N) is 1. The number of nitrogen functional groups attached to an aromatic ring is 1. The molecule has 2 fully saturated rings. The van der Waals surface area contributed by atoms with Crippen LogP contribution in [0.15, 0.2) is 83.4 Å². The number of amides is 1. The van der Waals surface area contributed by atoms with Crippen molar-refractivity contribution in [2.75, 3.05) is 50.0 Å². The first-order chi connectivity index (χ1) is 29.3. The topological polar surface area (TPSA) is 190 Å². The normalized spacial score (nSPS) is 20.7. The Morgan fingerprint density at radius 3 is 2.37 bits per heavy atom. The molecule has 14 nitrogen and oxygen atoms in total. The molecule has 0 bridgehead atoms. The highest BCUT2D eigenvalue weighted by atomic mass is 35.5. The predicted octanol–water partition coefficient (Wildman–Crippen LogP) is 8.90. The van der Waals surface area contributed by atoms with Crippen molar-refractivity contribution in [3.63, 3.8) is 0 Å². The van der Waals surface area contributed by atoms with E-state index in [1.807, 2.05) is 12.1 Å². The van der Waals surface area contributed by atoms with Gasteiger partial charge in [0, 0.05) is 61.6 Å². The minimum absolute atomic E-state index is 0.0294. The number of carbonyl (C=O) groups excluding carboxylic acids is 1. The average molecular weight is 908 g/mol. The number of nitrogens with zero attached hydrogens (tertiary/aromatic N) is 4. The Balaban J connectivity index is 1.07. The summed E-state index contributed by atoms with van der Waals surface area (Å²) in [4.78, 5) is 33.4. The van der Waals surface area contributed by atoms with E-state index >= 15 is 0 Å². The van der Waals surface area contributed by atoms with Crippen molar-refractivity contribution in [1.29, 1.82) is 0 Å². The Morgan fingerprint density at radius 2 is 1.69 bits per heavy atom. The van der Waals surface area contributed by atoms with Gasteiger partial charge in [0.05, 0.1) is 38.8 Å². The van der Waals surface area contributed by atoms with Crippen LogP contribution in [0.2, 0.25) is 10.0 Å². The van der Waals surface area contributed by atoms with Crippen LogP contribution in [0.25, 0.3) is 5.57 Å². The summed E-state index contributed by atoms with van der Waals surface area (Å²) in [7, 11) is -4.63. The molecule has 62 heavy (non-hydrogen) atoms. The lowest BCUT2D eigenvalue weighted by molar-refractivity contribution is -0.386. The second-order valence-corrected chi connectivity index (χ2v) is 20.1. The quantitative estimate of drug-likeness (QED) is 0.0855. The third-order valence-corrected chi connectivity index (χ3v) is 14.0. The highest BCUT2D eigenvalue weighted by molar-refractivity contribution is 7.90. The van der Waals surface area contributed by atoms with E-state index in [1.54, 1.807) is 19.1 Å². The number of aromatic nitrogens is 1. The molecule has 7 rings (SSSR count). The van der Waals surface area contributed by atoms with E-state index in [2.05, 4.69) is 45.5 Å². The molecule has 0 spiro atoms. The Labute approximate surface area is 372 Å². The maximum atomic E-state index is 13.8. The second-order valence-electron chi connectivity index (χ2n) is 17.6. The fourth-order valence-corrected chi connectivity index (χ4v) is 9.60. The van der Waals surface area contributed by atoms with Crippen LogP contribution in [0.5, 0.6) is 17.2 Å². The number of rotatable bonds is 13. The first kappa shape index (κ1) is 45.1. The van der Waals surface area contributed by atoms with Crippen LogP contribution >= 0.6 is 23.2 Å². The van der Waals surface area contributed by atoms with Crippen LogP contribution < -0.4 is 24.8 Å². The SMILES string of the molecule is CC1(C)CCC(CN2CCN(c3ccc(C(=O)NS(=O)(=O)c4ccc(OC[C@H]5CC[C@@](C)(O)CC5)c([N+](=O)[O-])c4)c(Oc4cnc(N)c(Cl)c4)c3)CC2)=C(c2ccc(Cl)cc2)C1. The van der Waals surface area contributed by atoms with Crippen LogP contribution in [0.4, 0.5) is 17.2 Å². The van der Waals surface area contributed by atoms with Crippen LogP contribution in [-0.4, -0.2) is 79.2 Å². The number of allylic oxidation sites excluding steroid dienone is 1. The van der Waals surface area contributed by atoms with Gasteiger partial charge >= 0.3 is 5.69 Å². The van der Waals surface area contributed by atoms with Gasteiger partial charge in [-0.25, -0.2) is 18.1 Å². The molecule has 2 heterocycles. The van der Waals surface area contributed by atoms with Gasteiger partial charge in [-0.1, -0.05) is 54.8 Å². The number of hydrogen-bond donors (Lipinski definition) is 3. The molecule has 17 heteroatoms. The smallest absolute Gasteiger partial charge is 0.312 e. The Kier molecular flexibility index (Phi) is 13.4. The lowest BCUT2D eigenvalue weighted by Crippen LogP contribution is -2.47. The molecule has 1 amide bonds. The molecule has 330 valence electrons. The zero-order chi connectivity index (χ0) is 44.4. The minimum atomic E-state index is -4.63. The fourth-order valence-electron chi connectivity index (χ4n) is 8.33. The third kappa shape index (κ3) is 11.0. The van der Waals surface area contributed by atoms with Crippen molar-refractivity contribution in [3.8, 4) is 17.2 Å². The van der Waals surface area contributed by atoms with E-state index in [-0.39, 0.29) is 51.6 Å². The van der Waals surface area contributed by atoms with Gasteiger partial charge in [0.15, 0.2) is 5.75 Å². The van der Waals surface area contributed by atoms with Crippen molar-refractivity contribution in [3.05, 3.63) is 110 Å². The molecule has 0 unspecified atom stereocenters. The van der Waals surface area contributed by atoms with Gasteiger partial charge in [-0.2, -0.15) is 0 Å². The summed E-state index contributed by atoms with van der Waals surface area (Å²) in [5.74, 6) is -0.774. The highest BCUT2D eigenvalue weighted by Gasteiger charge is 2.32. The van der Waals surface area contributed by atoms with E-state index in [9.17, 15) is 28.4 Å². The molecule has 1 aliphatic heterocycles. The van der Waals surface area contributed by atoms with Gasteiger partial charge in [-0.05, 0) is 111 Å². The molecule has 4 aromatic rings. The zero-order valence-corrected chi connectivity index (χ0v) is 37.4. The number of nitrogens with one attached hydrogen (secondary N) is 1. The predicted molar refractivity (Wildman–Crippen MR) is 241 cm³/mol. The number of sulfonamides is 1. The summed E-state index contributed by atoms with van der Waals surface area (Å²) in [5, 5.41) is 23.2. The van der Waals surface area contributed by atoms with Crippen LogP contribution in [0, 0.1) is 21.4 Å². The number of piperazine rings is 1. The Hall–Kier alpha value is -4.93. The molecule has 4 N–H and O–H groups in total. The van der Waals surface area contributed by atoms with Crippen molar-refractivity contribution in [2.24, 2.45) is 11.3 Å². The number of pyridine rings is 1. The number of nitro benzene ring substituents is 1. The molecule has 0 radical (unpaired) electrons. The number of anilines is 2. The summed E-state index contributed by atoms with van der Waals surface area (Å²) >= 11 is 12.5. The molecule has 2 aliphatic carbocycles. The van der Waals surface area contributed by atoms with E-state index in [0.29, 0.717) is 43.8 Å². The van der Waals surface area contributed by atoms with Crippen molar-refractivity contribution in [1.82, 2.24) is 14.6 Å². The summed E-state index contributed by atoms with van der Waals surface area (Å²) in [6.45, 7) is 10.4.